The number of nitrogens with zero attached hydrogens (tertiary/aromatic N) is 7. The topological polar surface area (TPSA) is 233 Å². The summed E-state index contributed by atoms with van der Waals surface area (Å²) in [5.74, 6) is -0.258. The second-order valence-corrected chi connectivity index (χ2v) is 17.0. The number of carbonyl (C=O) groups is 4. The predicted molar refractivity (Wildman–Crippen MR) is 239 cm³/mol. The third kappa shape index (κ3) is 9.20. The summed E-state index contributed by atoms with van der Waals surface area (Å²) in [5.41, 5.74) is 5.50. The highest BCUT2D eigenvalue weighted by molar-refractivity contribution is 7.18. The molecule has 0 saturated carbocycles. The number of phenols is 2. The van der Waals surface area contributed by atoms with Crippen molar-refractivity contribution in [1.82, 2.24) is 34.8 Å². The fourth-order valence-electron chi connectivity index (χ4n) is 7.06. The van der Waals surface area contributed by atoms with E-state index >= 15 is 0 Å². The second kappa shape index (κ2) is 18.0. The van der Waals surface area contributed by atoms with Gasteiger partial charge in [0.1, 0.15) is 34.0 Å². The van der Waals surface area contributed by atoms with Gasteiger partial charge in [-0.3, -0.25) is 23.7 Å². The van der Waals surface area contributed by atoms with Crippen molar-refractivity contribution in [3.8, 4) is 22.6 Å². The van der Waals surface area contributed by atoms with Crippen molar-refractivity contribution in [3.05, 3.63) is 80.1 Å². The van der Waals surface area contributed by atoms with Crippen LogP contribution in [0.4, 0.5) is 33.3 Å². The van der Waals surface area contributed by atoms with Crippen molar-refractivity contribution < 1.29 is 34.0 Å². The molecule has 322 valence electrons. The summed E-state index contributed by atoms with van der Waals surface area (Å²) in [7, 11) is 0. The predicted octanol–water partition coefficient (Wildman–Crippen LogP) is 6.45. The molecule has 0 saturated heterocycles. The first kappa shape index (κ1) is 43.2. The van der Waals surface area contributed by atoms with Crippen LogP contribution >= 0.6 is 22.7 Å². The number of aromatic nitrogens is 6. The van der Waals surface area contributed by atoms with E-state index in [0.717, 1.165) is 46.6 Å². The number of thiazole rings is 2. The summed E-state index contributed by atoms with van der Waals surface area (Å²) in [5, 5.41) is 47.0. The third-order valence-electron chi connectivity index (χ3n) is 10.5. The molecule has 0 spiro atoms. The molecule has 0 aliphatic carbocycles. The molecule has 2 aromatic carbocycles. The molecule has 7 rings (SSSR count). The van der Waals surface area contributed by atoms with Crippen LogP contribution in [0.15, 0.2) is 36.9 Å². The Morgan fingerprint density at radius 3 is 1.66 bits per heavy atom. The van der Waals surface area contributed by atoms with Gasteiger partial charge in [-0.05, 0) is 82.9 Å². The fraction of sp³-hybridized carbons (Fsp3) is 0.310. The van der Waals surface area contributed by atoms with Gasteiger partial charge in [-0.25, -0.2) is 14.8 Å². The molecule has 0 bridgehead atoms. The van der Waals surface area contributed by atoms with Crippen molar-refractivity contribution in [2.24, 2.45) is 0 Å². The number of anilines is 6. The van der Waals surface area contributed by atoms with E-state index in [9.17, 15) is 29.4 Å². The Bertz CT molecular complexity index is 2780. The zero-order valence-electron chi connectivity index (χ0n) is 35.3. The molecular formula is C42H47N12O6S2+. The Hall–Kier alpha value is -6.93. The van der Waals surface area contributed by atoms with Gasteiger partial charge in [-0.1, -0.05) is 22.7 Å². The van der Waals surface area contributed by atoms with E-state index in [2.05, 4.69) is 46.7 Å². The number of aromatic hydroxyl groups is 2. The maximum Gasteiger partial charge on any atom is 0.408 e. The lowest BCUT2D eigenvalue weighted by Crippen LogP contribution is -2.27. The van der Waals surface area contributed by atoms with Crippen LogP contribution in [-0.4, -0.2) is 87.3 Å². The van der Waals surface area contributed by atoms with E-state index < -0.39 is 11.8 Å². The number of carbonyl (C=O) groups excluding carboxylic acids is 4. The number of hydrogen-bond donors (Lipinski definition) is 7. The second-order valence-electron chi connectivity index (χ2n) is 14.9. The van der Waals surface area contributed by atoms with E-state index in [0.29, 0.717) is 89.5 Å². The smallest absolute Gasteiger partial charge is 0.408 e. The van der Waals surface area contributed by atoms with Crippen molar-refractivity contribution in [2.45, 2.75) is 74.4 Å². The number of hydrogen-bond acceptors (Lipinski definition) is 14. The fourth-order valence-corrected chi connectivity index (χ4v) is 8.48. The minimum Gasteiger partial charge on any atom is -0.508 e. The maximum absolute atomic E-state index is 13.7. The van der Waals surface area contributed by atoms with Gasteiger partial charge in [-0.15, -0.1) is 0 Å². The van der Waals surface area contributed by atoms with Crippen LogP contribution in [0.2, 0.25) is 0 Å². The summed E-state index contributed by atoms with van der Waals surface area (Å²) in [6.07, 6.45) is 10.2. The molecule has 1 aliphatic rings. The van der Waals surface area contributed by atoms with E-state index in [1.165, 1.54) is 17.1 Å². The van der Waals surface area contributed by atoms with Crippen molar-refractivity contribution in [1.29, 1.82) is 0 Å². The molecular weight excluding hydrogens is 833 g/mol. The highest BCUT2D eigenvalue weighted by Gasteiger charge is 2.25. The number of aryl methyl sites for hydroxylation is 2. The van der Waals surface area contributed by atoms with Crippen LogP contribution in [-0.2, 0) is 22.7 Å². The number of amides is 4. The van der Waals surface area contributed by atoms with Crippen LogP contribution in [0.5, 0.6) is 11.5 Å². The standard InChI is InChI=1S/C42H46N12O6S2/c1-8-43-33(57)19-53-17-21(2)37(50-53)48-41-44-15-31(61-41)39(59)46-35-23(4)27(13-29(55)25(35)6)28-14-30(56)26(7)36(24(28)5)47-40(60)32-16-45-42(62-32)49-38-22(3)18-54(51-38)20-34(58)52-11-9-10-12-52/h11,13-18H,8-10,12,19-20H2,1-7H3,(H6-,43,44,45,46,47,48,49,50,51,55,56,57,59,60)/p+1. The molecule has 20 heteroatoms. The first-order valence-corrected chi connectivity index (χ1v) is 21.5. The van der Waals surface area contributed by atoms with Gasteiger partial charge in [0, 0.05) is 54.0 Å². The molecule has 6 aromatic rings. The van der Waals surface area contributed by atoms with Gasteiger partial charge in [0.25, 0.3) is 11.8 Å². The van der Waals surface area contributed by atoms with E-state index in [1.807, 2.05) is 27.0 Å². The van der Waals surface area contributed by atoms with Crippen molar-refractivity contribution >= 4 is 85.8 Å². The number of rotatable bonds is 14. The number of likely N-dealkylation sites (N-methyl/N-ethyl adjacent to an activating group) is 1. The van der Waals surface area contributed by atoms with Crippen LogP contribution in [0.1, 0.15) is 72.5 Å². The van der Waals surface area contributed by atoms with Crippen LogP contribution < -0.4 is 26.6 Å². The average molecular weight is 880 g/mol. The zero-order valence-corrected chi connectivity index (χ0v) is 36.9. The Morgan fingerprint density at radius 2 is 1.21 bits per heavy atom. The first-order valence-electron chi connectivity index (χ1n) is 19.8. The van der Waals surface area contributed by atoms with Crippen LogP contribution in [0, 0.1) is 41.5 Å². The number of nitrogens with one attached hydrogen (secondary N) is 5. The molecule has 1 aliphatic heterocycles. The summed E-state index contributed by atoms with van der Waals surface area (Å²) in [4.78, 5) is 61.3. The first-order chi connectivity index (χ1) is 29.6. The summed E-state index contributed by atoms with van der Waals surface area (Å²) < 4.78 is 4.83. The lowest BCUT2D eigenvalue weighted by molar-refractivity contribution is -0.438. The van der Waals surface area contributed by atoms with E-state index in [-0.39, 0.29) is 36.4 Å². The SMILES string of the molecule is CCNC(=O)Cn1cc(C)c(Nc2ncc(C(=O)Nc3c(C)c(O)cc(-c4cc(O)c(C)c(NC(=O)c5cnc(Nc6nn(CC(=O)[N+]7=CCCC7)cc6C)s5)c4C)c3C)s2)n1. The summed E-state index contributed by atoms with van der Waals surface area (Å²) in [6.45, 7) is 13.9. The summed E-state index contributed by atoms with van der Waals surface area (Å²) in [6, 6.07) is 3.13. The molecule has 0 atom stereocenters. The van der Waals surface area contributed by atoms with Gasteiger partial charge in [-0.2, -0.15) is 14.8 Å². The van der Waals surface area contributed by atoms with Gasteiger partial charge < -0.3 is 36.8 Å². The average Bonchev–Trinajstić information content (AvgIpc) is 4.09. The number of phenolic OH excluding ortho intramolecular Hbond substituents is 2. The minimum atomic E-state index is -0.457. The van der Waals surface area contributed by atoms with Crippen molar-refractivity contribution in [3.63, 3.8) is 0 Å². The lowest BCUT2D eigenvalue weighted by atomic mass is 9.90. The zero-order chi connectivity index (χ0) is 44.4. The van der Waals surface area contributed by atoms with E-state index in [4.69, 9.17) is 0 Å². The van der Waals surface area contributed by atoms with E-state index in [1.54, 1.807) is 61.5 Å². The third-order valence-corrected chi connectivity index (χ3v) is 12.3. The molecule has 4 amide bonds. The minimum absolute atomic E-state index is 0.0313. The molecule has 0 radical (unpaired) electrons. The van der Waals surface area contributed by atoms with Crippen LogP contribution in [0.3, 0.4) is 0 Å². The lowest BCUT2D eigenvalue weighted by Gasteiger charge is -2.21. The maximum atomic E-state index is 13.7. The van der Waals surface area contributed by atoms with Gasteiger partial charge >= 0.3 is 5.91 Å². The molecule has 0 fully saturated rings. The Kier molecular flexibility index (Phi) is 12.5. The monoisotopic (exact) mass is 879 g/mol. The molecule has 62 heavy (non-hydrogen) atoms. The Morgan fingerprint density at radius 1 is 0.726 bits per heavy atom. The molecule has 18 nitrogen and oxygen atoms in total. The summed E-state index contributed by atoms with van der Waals surface area (Å²) >= 11 is 2.23. The van der Waals surface area contributed by atoms with Gasteiger partial charge in [0.2, 0.25) is 5.91 Å². The Labute approximate surface area is 364 Å². The molecule has 4 aromatic heterocycles. The highest BCUT2D eigenvalue weighted by atomic mass is 32.1. The number of benzene rings is 2. The molecule has 0 unspecified atom stereocenters. The highest BCUT2D eigenvalue weighted by Crippen LogP contribution is 2.43. The Balaban J connectivity index is 1.06. The molecule has 7 N–H and O–H groups in total. The normalized spacial score (nSPS) is 12.3. The van der Waals surface area contributed by atoms with Gasteiger partial charge in [0.15, 0.2) is 35.0 Å². The largest absolute Gasteiger partial charge is 0.508 e. The van der Waals surface area contributed by atoms with Crippen LogP contribution in [0.25, 0.3) is 11.1 Å². The quantitative estimate of drug-likeness (QED) is 0.0585. The van der Waals surface area contributed by atoms with Gasteiger partial charge in [0.05, 0.1) is 23.8 Å². The van der Waals surface area contributed by atoms with Crippen molar-refractivity contribution in [2.75, 3.05) is 34.4 Å². The molecule has 5 heterocycles.